The van der Waals surface area contributed by atoms with Gasteiger partial charge in [0.05, 0.1) is 12.7 Å². The van der Waals surface area contributed by atoms with Gasteiger partial charge in [0.25, 0.3) is 11.7 Å². The molecule has 350 valence electrons. The zero-order valence-electron chi connectivity index (χ0n) is 39.7. The van der Waals surface area contributed by atoms with Crippen molar-refractivity contribution in [3.8, 4) is 0 Å². The summed E-state index contributed by atoms with van der Waals surface area (Å²) >= 11 is 0. The van der Waals surface area contributed by atoms with E-state index in [0.29, 0.717) is 62.4 Å². The molecule has 1 amide bonds. The minimum atomic E-state index is -2.20. The Labute approximate surface area is 373 Å². The zero-order valence-corrected chi connectivity index (χ0v) is 39.7. The van der Waals surface area contributed by atoms with Crippen LogP contribution in [0.15, 0.2) is 47.6 Å². The van der Waals surface area contributed by atoms with E-state index in [1.54, 1.807) is 14.0 Å². The minimum absolute atomic E-state index is 0.0181. The van der Waals surface area contributed by atoms with Gasteiger partial charge in [-0.15, -0.1) is 0 Å². The number of fused-ring (bicyclic) bond motifs is 2. The van der Waals surface area contributed by atoms with Gasteiger partial charge in [-0.05, 0) is 138 Å². The lowest BCUT2D eigenvalue weighted by Gasteiger charge is -2.45. The lowest BCUT2D eigenvalue weighted by Crippen LogP contribution is -2.60. The summed E-state index contributed by atoms with van der Waals surface area (Å²) in [5.74, 6) is -4.27. The third-order valence-corrected chi connectivity index (χ3v) is 14.7. The lowest BCUT2D eigenvalue weighted by atomic mass is 9.72. The molecule has 1 saturated carbocycles. The SMILES string of the molecule is CC/C(C)=C/C=C/C=C/[C@@H](C)C[C@@H](C)C(=O)[C@H](OC)[C@H](O)/C(C)=C/[C@@H](C)CC[C@@H]1OC(=O)C2CC(CCN2C(=O)C(=O)[C@]2(O)OCCC[C@H]2C)CC1C[C@@H]1CC[C@@H](C)[C@H](OC)C1. The van der Waals surface area contributed by atoms with Gasteiger partial charge in [-0.2, -0.15) is 0 Å². The van der Waals surface area contributed by atoms with E-state index >= 15 is 0 Å². The van der Waals surface area contributed by atoms with Gasteiger partial charge in [-0.25, -0.2) is 4.79 Å². The van der Waals surface area contributed by atoms with E-state index in [1.165, 1.54) is 17.6 Å². The van der Waals surface area contributed by atoms with Crippen LogP contribution in [-0.2, 0) is 38.1 Å². The number of likely N-dealkylation sites (tertiary alicyclic amines) is 1. The molecule has 2 N–H and O–H groups in total. The van der Waals surface area contributed by atoms with Crippen LogP contribution in [0.2, 0.25) is 0 Å². The summed E-state index contributed by atoms with van der Waals surface area (Å²) in [4.78, 5) is 56.5. The second kappa shape index (κ2) is 24.4. The number of aliphatic hydroxyl groups is 2. The van der Waals surface area contributed by atoms with E-state index in [2.05, 4.69) is 46.8 Å². The molecule has 3 unspecified atom stereocenters. The molecule has 0 spiro atoms. The third-order valence-electron chi connectivity index (χ3n) is 14.7. The number of nitrogens with zero attached hydrogens (tertiary/aromatic N) is 1. The van der Waals surface area contributed by atoms with Crippen molar-refractivity contribution in [3.63, 3.8) is 0 Å². The summed E-state index contributed by atoms with van der Waals surface area (Å²) in [5.41, 5.74) is 1.96. The van der Waals surface area contributed by atoms with Crippen LogP contribution in [0.5, 0.6) is 0 Å². The van der Waals surface area contributed by atoms with Crippen LogP contribution in [0, 0.1) is 47.3 Å². The molecule has 0 aromatic rings. The molecule has 4 aliphatic rings. The highest BCUT2D eigenvalue weighted by molar-refractivity contribution is 6.39. The van der Waals surface area contributed by atoms with E-state index < -0.39 is 53.7 Å². The van der Waals surface area contributed by atoms with E-state index in [1.807, 2.05) is 38.2 Å². The molecule has 4 fully saturated rings. The first-order valence-electron chi connectivity index (χ1n) is 23.8. The fourth-order valence-corrected chi connectivity index (χ4v) is 10.4. The minimum Gasteiger partial charge on any atom is -0.461 e. The number of ketones is 2. The maximum Gasteiger partial charge on any atom is 0.329 e. The molecule has 3 saturated heterocycles. The molecule has 1 aliphatic carbocycles. The van der Waals surface area contributed by atoms with Crippen LogP contribution in [0.1, 0.15) is 139 Å². The van der Waals surface area contributed by atoms with Crippen molar-refractivity contribution in [1.82, 2.24) is 4.90 Å². The molecule has 0 radical (unpaired) electrons. The molecule has 11 nitrogen and oxygen atoms in total. The van der Waals surface area contributed by atoms with Gasteiger partial charge in [0.2, 0.25) is 5.79 Å². The van der Waals surface area contributed by atoms with E-state index in [4.69, 9.17) is 18.9 Å². The molecule has 14 atom stereocenters. The van der Waals surface area contributed by atoms with Gasteiger partial charge in [-0.3, -0.25) is 14.4 Å². The fraction of sp³-hybridized carbons (Fsp3) is 0.765. The number of ether oxygens (including phenoxy) is 4. The molecule has 2 bridgehead atoms. The third kappa shape index (κ3) is 13.8. The summed E-state index contributed by atoms with van der Waals surface area (Å²) in [6.45, 7) is 16.5. The van der Waals surface area contributed by atoms with Crippen molar-refractivity contribution in [3.05, 3.63) is 47.6 Å². The average Bonchev–Trinajstić information content (AvgIpc) is 3.25. The Kier molecular flexibility index (Phi) is 20.3. The normalized spacial score (nSPS) is 32.7. The molecule has 0 aromatic heterocycles. The molecular weight excluding hydrogens is 787 g/mol. The number of esters is 1. The number of aliphatic hydroxyl groups excluding tert-OH is 1. The van der Waals surface area contributed by atoms with Gasteiger partial charge < -0.3 is 34.1 Å². The predicted molar refractivity (Wildman–Crippen MR) is 242 cm³/mol. The van der Waals surface area contributed by atoms with Crippen LogP contribution in [-0.4, -0.2) is 102 Å². The number of carbonyl (C=O) groups excluding carboxylic acids is 4. The van der Waals surface area contributed by atoms with Gasteiger partial charge in [0, 0.05) is 32.6 Å². The molecule has 0 aromatic carbocycles. The van der Waals surface area contributed by atoms with E-state index in [0.717, 1.165) is 38.5 Å². The second-order valence-electron chi connectivity index (χ2n) is 19.7. The first-order chi connectivity index (χ1) is 29.4. The molecule has 3 aliphatic heterocycles. The van der Waals surface area contributed by atoms with Crippen molar-refractivity contribution >= 4 is 23.4 Å². The fourth-order valence-electron chi connectivity index (χ4n) is 10.4. The summed E-state index contributed by atoms with van der Waals surface area (Å²) in [7, 11) is 3.25. The summed E-state index contributed by atoms with van der Waals surface area (Å²) in [6, 6.07) is -0.918. The Morgan fingerprint density at radius 2 is 1.73 bits per heavy atom. The Hall–Kier alpha value is -2.96. The standard InChI is InChI=1S/C51H81NO10/c1-11-32(2)16-13-12-14-17-33(3)26-36(6)45(53)47(60-10)46(54)37(7)27-34(4)19-22-43-41(28-39-21-20-35(5)44(31-39)59-9)29-40-23-24-52(42(30-40)50(57)62-43)49(56)48(55)51(58)38(8)18-15-25-61-51/h12-14,16-17,27,33-36,38-44,46-47,54,58H,11,15,18-26,28-31H2,1-10H3/b13-12+,17-14+,32-16+,37-27+/t33-,34+,35-,36-,38-,39+,40?,41?,42?,43+,44-,46-,47+,51-/m1/s1. The number of hydrogen-bond acceptors (Lipinski definition) is 10. The van der Waals surface area contributed by atoms with Crippen molar-refractivity contribution in [2.24, 2.45) is 47.3 Å². The Morgan fingerprint density at radius 3 is 2.40 bits per heavy atom. The van der Waals surface area contributed by atoms with Crippen molar-refractivity contribution < 1.29 is 48.3 Å². The highest BCUT2D eigenvalue weighted by Crippen LogP contribution is 2.42. The van der Waals surface area contributed by atoms with Crippen LogP contribution in [0.3, 0.4) is 0 Å². The Bertz CT molecular complexity index is 1620. The predicted octanol–water partition coefficient (Wildman–Crippen LogP) is 8.51. The van der Waals surface area contributed by atoms with Crippen molar-refractivity contribution in [2.75, 3.05) is 27.4 Å². The number of amides is 1. The number of carbonyl (C=O) groups is 4. The molecule has 4 rings (SSSR count). The van der Waals surface area contributed by atoms with Crippen LogP contribution in [0.4, 0.5) is 0 Å². The Balaban J connectivity index is 1.46. The lowest BCUT2D eigenvalue weighted by molar-refractivity contribution is -0.241. The van der Waals surface area contributed by atoms with Crippen LogP contribution in [0.25, 0.3) is 0 Å². The number of hydrogen-bond donors (Lipinski definition) is 2. The molecule has 3 heterocycles. The highest BCUT2D eigenvalue weighted by Gasteiger charge is 2.52. The molecule has 62 heavy (non-hydrogen) atoms. The van der Waals surface area contributed by atoms with Gasteiger partial charge in [0.1, 0.15) is 24.4 Å². The monoisotopic (exact) mass is 868 g/mol. The maximum atomic E-state index is 14.2. The van der Waals surface area contributed by atoms with Gasteiger partial charge >= 0.3 is 5.97 Å². The average molecular weight is 868 g/mol. The number of allylic oxidation sites excluding steroid dienone is 7. The second-order valence-corrected chi connectivity index (χ2v) is 19.7. The smallest absolute Gasteiger partial charge is 0.329 e. The van der Waals surface area contributed by atoms with Gasteiger partial charge in [-0.1, -0.05) is 83.6 Å². The van der Waals surface area contributed by atoms with Crippen LogP contribution < -0.4 is 0 Å². The van der Waals surface area contributed by atoms with E-state index in [-0.39, 0.29) is 54.6 Å². The first-order valence-corrected chi connectivity index (χ1v) is 23.8. The number of rotatable bonds is 20. The number of Topliss-reactive ketones (excluding diaryl/α,β-unsaturated/α-hetero) is 2. The van der Waals surface area contributed by atoms with E-state index in [9.17, 15) is 29.4 Å². The first kappa shape index (κ1) is 51.7. The van der Waals surface area contributed by atoms with Gasteiger partial charge in [0.15, 0.2) is 5.78 Å². The summed E-state index contributed by atoms with van der Waals surface area (Å²) in [6.07, 6.45) is 20.0. The largest absolute Gasteiger partial charge is 0.461 e. The highest BCUT2D eigenvalue weighted by atomic mass is 16.6. The zero-order chi connectivity index (χ0) is 45.7. The maximum absolute atomic E-state index is 14.2. The van der Waals surface area contributed by atoms with Crippen LogP contribution >= 0.6 is 0 Å². The summed E-state index contributed by atoms with van der Waals surface area (Å²) in [5, 5.41) is 22.7. The van der Waals surface area contributed by atoms with Crippen molar-refractivity contribution in [2.45, 2.75) is 175 Å². The number of methoxy groups -OCH3 is 2. The number of piperidine rings is 1. The Morgan fingerprint density at radius 1 is 0.984 bits per heavy atom. The topological polar surface area (TPSA) is 149 Å². The molecular formula is C51H81NO10. The van der Waals surface area contributed by atoms with Crippen molar-refractivity contribution in [1.29, 1.82) is 0 Å². The quantitative estimate of drug-likeness (QED) is 0.0528. The molecule has 11 heteroatoms. The number of cyclic esters (lactones) is 1. The summed E-state index contributed by atoms with van der Waals surface area (Å²) < 4.78 is 23.5.